The van der Waals surface area contributed by atoms with Gasteiger partial charge in [-0.15, -0.1) is 0 Å². The van der Waals surface area contributed by atoms with E-state index in [1.165, 1.54) is 0 Å². The fourth-order valence-corrected chi connectivity index (χ4v) is 3.66. The predicted octanol–water partition coefficient (Wildman–Crippen LogP) is 4.31. The van der Waals surface area contributed by atoms with Crippen molar-refractivity contribution in [1.29, 1.82) is 0 Å². The summed E-state index contributed by atoms with van der Waals surface area (Å²) in [5.41, 5.74) is 4.80. The molecule has 7 heteroatoms. The van der Waals surface area contributed by atoms with Gasteiger partial charge in [0.15, 0.2) is 5.58 Å². The summed E-state index contributed by atoms with van der Waals surface area (Å²) in [6, 6.07) is 18.8. The van der Waals surface area contributed by atoms with Crippen LogP contribution >= 0.6 is 0 Å². The lowest BCUT2D eigenvalue weighted by Gasteiger charge is -2.09. The Hall–Kier alpha value is -4.26. The van der Waals surface area contributed by atoms with Crippen LogP contribution < -0.4 is 5.32 Å². The summed E-state index contributed by atoms with van der Waals surface area (Å²) in [5.74, 6) is -0.258. The van der Waals surface area contributed by atoms with Crippen molar-refractivity contribution in [3.8, 4) is 5.75 Å². The molecule has 0 aliphatic rings. The smallest absolute Gasteiger partial charge is 0.289 e. The first-order valence-corrected chi connectivity index (χ1v) is 10.2. The molecule has 5 rings (SSSR count). The van der Waals surface area contributed by atoms with Crippen LogP contribution in [0.3, 0.4) is 0 Å². The summed E-state index contributed by atoms with van der Waals surface area (Å²) in [6.07, 6.45) is 2.13. The number of carbonyl (C=O) groups is 1. The van der Waals surface area contributed by atoms with Crippen LogP contribution in [0.1, 0.15) is 33.0 Å². The number of rotatable bonds is 5. The monoisotopic (exact) mass is 424 g/mol. The number of phenolic OH excluding ortho intramolecular Hbond substituents is 1. The number of carbonyl (C=O) groups excluding carboxylic acids is 1. The Kier molecular flexibility index (Phi) is 4.99. The van der Waals surface area contributed by atoms with Crippen LogP contribution in [0.4, 0.5) is 0 Å². The Balaban J connectivity index is 1.54. The summed E-state index contributed by atoms with van der Waals surface area (Å²) >= 11 is 0. The topological polar surface area (TPSA) is 101 Å². The predicted molar refractivity (Wildman–Crippen MR) is 120 cm³/mol. The fraction of sp³-hybridized carbons (Fsp3) is 0.120. The van der Waals surface area contributed by atoms with E-state index in [9.17, 15) is 9.90 Å². The molecule has 5 aromatic rings. The number of aryl methyl sites for hydroxylation is 1. The average molecular weight is 424 g/mol. The van der Waals surface area contributed by atoms with Gasteiger partial charge in [-0.05, 0) is 30.7 Å². The number of fused-ring (bicyclic) bond motifs is 3. The standard InChI is InChI=1S/C25H20N4O3/c1-15-9-10-20(30)17(12-15)14-27-24(31)23-28-19(13-16-6-3-2-4-7-16)22-21(29-23)18-8-5-11-26-25(18)32-22/h2-12,30H,13-14H2,1H3,(H,27,31). The number of hydrogen-bond acceptors (Lipinski definition) is 6. The van der Waals surface area contributed by atoms with Crippen LogP contribution in [-0.4, -0.2) is 26.0 Å². The van der Waals surface area contributed by atoms with Crippen LogP contribution in [0.25, 0.3) is 22.2 Å². The van der Waals surface area contributed by atoms with Crippen molar-refractivity contribution in [3.05, 3.63) is 95.1 Å². The first kappa shape index (κ1) is 19.7. The number of benzene rings is 2. The number of pyridine rings is 1. The molecule has 7 nitrogen and oxygen atoms in total. The molecule has 0 fully saturated rings. The molecule has 0 saturated heterocycles. The highest BCUT2D eigenvalue weighted by atomic mass is 16.3. The zero-order chi connectivity index (χ0) is 22.1. The SMILES string of the molecule is Cc1ccc(O)c(CNC(=O)c2nc(Cc3ccccc3)c3oc4ncccc4c3n2)c1. The number of nitrogens with zero attached hydrogens (tertiary/aromatic N) is 3. The second-order valence-corrected chi connectivity index (χ2v) is 7.61. The van der Waals surface area contributed by atoms with Gasteiger partial charge in [0.25, 0.3) is 5.91 Å². The Morgan fingerprint density at radius 2 is 1.91 bits per heavy atom. The highest BCUT2D eigenvalue weighted by molar-refractivity contribution is 6.03. The molecule has 0 aliphatic heterocycles. The maximum Gasteiger partial charge on any atom is 0.289 e. The molecule has 32 heavy (non-hydrogen) atoms. The van der Waals surface area contributed by atoms with Crippen LogP contribution in [0.15, 0.2) is 71.3 Å². The molecule has 158 valence electrons. The Labute approximate surface area is 183 Å². The molecular formula is C25H20N4O3. The minimum Gasteiger partial charge on any atom is -0.508 e. The second-order valence-electron chi connectivity index (χ2n) is 7.61. The molecule has 0 radical (unpaired) electrons. The van der Waals surface area contributed by atoms with Gasteiger partial charge in [-0.25, -0.2) is 15.0 Å². The van der Waals surface area contributed by atoms with Gasteiger partial charge in [0.2, 0.25) is 11.5 Å². The molecule has 1 amide bonds. The first-order valence-electron chi connectivity index (χ1n) is 10.2. The summed E-state index contributed by atoms with van der Waals surface area (Å²) in [4.78, 5) is 26.3. The van der Waals surface area contributed by atoms with E-state index in [4.69, 9.17) is 4.42 Å². The van der Waals surface area contributed by atoms with E-state index < -0.39 is 5.91 Å². The molecule has 0 bridgehead atoms. The van der Waals surface area contributed by atoms with E-state index >= 15 is 0 Å². The third-order valence-electron chi connectivity index (χ3n) is 5.25. The lowest BCUT2D eigenvalue weighted by molar-refractivity contribution is 0.0940. The number of aromatic hydroxyl groups is 1. The normalized spacial score (nSPS) is 11.2. The maximum atomic E-state index is 13.0. The first-order chi connectivity index (χ1) is 15.6. The molecule has 0 saturated carbocycles. The van der Waals surface area contributed by atoms with Crippen molar-refractivity contribution in [2.75, 3.05) is 0 Å². The van der Waals surface area contributed by atoms with Crippen molar-refractivity contribution in [2.45, 2.75) is 19.9 Å². The van der Waals surface area contributed by atoms with Gasteiger partial charge in [0.1, 0.15) is 11.3 Å². The summed E-state index contributed by atoms with van der Waals surface area (Å²) in [7, 11) is 0. The van der Waals surface area contributed by atoms with Gasteiger partial charge >= 0.3 is 0 Å². The van der Waals surface area contributed by atoms with E-state index in [0.717, 1.165) is 16.5 Å². The number of furan rings is 1. The number of hydrogen-bond donors (Lipinski definition) is 2. The molecule has 0 atom stereocenters. The van der Waals surface area contributed by atoms with Crippen molar-refractivity contribution in [3.63, 3.8) is 0 Å². The molecule has 0 aliphatic carbocycles. The van der Waals surface area contributed by atoms with Gasteiger partial charge in [0.05, 0.1) is 11.1 Å². The van der Waals surface area contributed by atoms with Crippen LogP contribution in [0, 0.1) is 6.92 Å². The third kappa shape index (κ3) is 3.76. The van der Waals surface area contributed by atoms with Crippen LogP contribution in [-0.2, 0) is 13.0 Å². The van der Waals surface area contributed by atoms with Gasteiger partial charge in [-0.2, -0.15) is 0 Å². The lowest BCUT2D eigenvalue weighted by atomic mass is 10.1. The maximum absolute atomic E-state index is 13.0. The second kappa shape index (κ2) is 8.11. The molecule has 3 heterocycles. The fourth-order valence-electron chi connectivity index (χ4n) is 3.66. The Morgan fingerprint density at radius 3 is 2.75 bits per heavy atom. The summed E-state index contributed by atoms with van der Waals surface area (Å²) < 4.78 is 5.95. The Bertz CT molecular complexity index is 1440. The number of aromatic nitrogens is 3. The zero-order valence-corrected chi connectivity index (χ0v) is 17.4. The van der Waals surface area contributed by atoms with Crippen molar-refractivity contribution >= 4 is 28.1 Å². The molecule has 0 unspecified atom stereocenters. The minimum atomic E-state index is -0.430. The van der Waals surface area contributed by atoms with Crippen molar-refractivity contribution in [2.24, 2.45) is 0 Å². The van der Waals surface area contributed by atoms with Gasteiger partial charge in [-0.3, -0.25) is 4.79 Å². The van der Waals surface area contributed by atoms with E-state index in [1.807, 2.05) is 55.5 Å². The average Bonchev–Trinajstić information content (AvgIpc) is 3.19. The van der Waals surface area contributed by atoms with Crippen molar-refractivity contribution in [1.82, 2.24) is 20.3 Å². The molecular weight excluding hydrogens is 404 g/mol. The number of phenols is 1. The molecule has 0 spiro atoms. The van der Waals surface area contributed by atoms with E-state index in [1.54, 1.807) is 18.3 Å². The molecule has 2 aromatic carbocycles. The van der Waals surface area contributed by atoms with Gasteiger partial charge in [0, 0.05) is 24.7 Å². The minimum absolute atomic E-state index is 0.0436. The van der Waals surface area contributed by atoms with E-state index in [0.29, 0.717) is 34.5 Å². The lowest BCUT2D eigenvalue weighted by Crippen LogP contribution is -2.25. The molecule has 3 aromatic heterocycles. The number of amides is 1. The van der Waals surface area contributed by atoms with Crippen LogP contribution in [0.5, 0.6) is 5.75 Å². The van der Waals surface area contributed by atoms with E-state index in [2.05, 4.69) is 20.3 Å². The molecule has 2 N–H and O–H groups in total. The third-order valence-corrected chi connectivity index (χ3v) is 5.25. The largest absolute Gasteiger partial charge is 0.508 e. The van der Waals surface area contributed by atoms with Crippen molar-refractivity contribution < 1.29 is 14.3 Å². The number of nitrogens with one attached hydrogen (secondary N) is 1. The van der Waals surface area contributed by atoms with Gasteiger partial charge in [-0.1, -0.05) is 48.0 Å². The summed E-state index contributed by atoms with van der Waals surface area (Å²) in [6.45, 7) is 2.09. The van der Waals surface area contributed by atoms with Crippen LogP contribution in [0.2, 0.25) is 0 Å². The summed E-state index contributed by atoms with van der Waals surface area (Å²) in [5, 5.41) is 13.6. The quantitative estimate of drug-likeness (QED) is 0.436. The zero-order valence-electron chi connectivity index (χ0n) is 17.4. The Morgan fingerprint density at radius 1 is 1.06 bits per heavy atom. The van der Waals surface area contributed by atoms with E-state index in [-0.39, 0.29) is 18.1 Å². The highest BCUT2D eigenvalue weighted by Gasteiger charge is 2.20. The van der Waals surface area contributed by atoms with Gasteiger partial charge < -0.3 is 14.8 Å². The highest BCUT2D eigenvalue weighted by Crippen LogP contribution is 2.28.